The summed E-state index contributed by atoms with van der Waals surface area (Å²) in [5, 5.41) is 0. The van der Waals surface area contributed by atoms with Gasteiger partial charge in [-0.2, -0.15) is 0 Å². The second-order valence-electron chi connectivity index (χ2n) is 4.72. The molecule has 0 unspecified atom stereocenters. The van der Waals surface area contributed by atoms with Crippen LogP contribution in [0.25, 0.3) is 0 Å². The topological polar surface area (TPSA) is 35.5 Å². The number of esters is 1. The molecule has 15 heavy (non-hydrogen) atoms. The van der Waals surface area contributed by atoms with Gasteiger partial charge in [-0.25, -0.2) is 0 Å². The first-order chi connectivity index (χ1) is 7.24. The number of carbonyl (C=O) groups is 1. The maximum atomic E-state index is 11.8. The van der Waals surface area contributed by atoms with E-state index in [-0.39, 0.29) is 11.9 Å². The third-order valence-corrected chi connectivity index (χ3v) is 3.72. The van der Waals surface area contributed by atoms with E-state index >= 15 is 0 Å². The van der Waals surface area contributed by atoms with Gasteiger partial charge in [0.2, 0.25) is 0 Å². The number of hydrogen-bond donors (Lipinski definition) is 0. The number of carbonyl (C=O) groups excluding carboxylic acids is 1. The van der Waals surface area contributed by atoms with Crippen LogP contribution in [0.5, 0.6) is 0 Å². The summed E-state index contributed by atoms with van der Waals surface area (Å²) in [4.78, 5) is 11.8. The van der Waals surface area contributed by atoms with Crippen LogP contribution < -0.4 is 0 Å². The highest BCUT2D eigenvalue weighted by molar-refractivity contribution is 5.73. The summed E-state index contributed by atoms with van der Waals surface area (Å²) in [5.74, 6) is 0.980. The van der Waals surface area contributed by atoms with Gasteiger partial charge in [0, 0.05) is 12.5 Å². The smallest absolute Gasteiger partial charge is 0.309 e. The van der Waals surface area contributed by atoms with Crippen LogP contribution in [0, 0.1) is 17.8 Å². The molecule has 0 radical (unpaired) electrons. The first kappa shape index (κ1) is 10.9. The SMILES string of the molecule is CCOC(=O)[C@@H]1CCC[C@H]2OC[C@@H](C)[C@@H]21. The fourth-order valence-electron chi connectivity index (χ4n) is 3.05. The monoisotopic (exact) mass is 212 g/mol. The van der Waals surface area contributed by atoms with Crippen molar-refractivity contribution < 1.29 is 14.3 Å². The van der Waals surface area contributed by atoms with E-state index in [1.807, 2.05) is 6.92 Å². The Kier molecular flexibility index (Phi) is 3.29. The Morgan fingerprint density at radius 1 is 1.47 bits per heavy atom. The van der Waals surface area contributed by atoms with Gasteiger partial charge in [-0.3, -0.25) is 4.79 Å². The normalized spacial score (nSPS) is 39.9. The number of ether oxygens (including phenoxy) is 2. The third-order valence-electron chi connectivity index (χ3n) is 3.72. The summed E-state index contributed by atoms with van der Waals surface area (Å²) >= 11 is 0. The number of fused-ring (bicyclic) bond motifs is 1. The molecule has 0 aromatic carbocycles. The number of hydrogen-bond acceptors (Lipinski definition) is 3. The van der Waals surface area contributed by atoms with Crippen LogP contribution in [0.3, 0.4) is 0 Å². The van der Waals surface area contributed by atoms with Gasteiger partial charge in [0.15, 0.2) is 0 Å². The first-order valence-corrected chi connectivity index (χ1v) is 6.02. The molecular formula is C12H20O3. The Bertz CT molecular complexity index is 237. The molecule has 2 fully saturated rings. The van der Waals surface area contributed by atoms with Crippen molar-refractivity contribution in [2.45, 2.75) is 39.2 Å². The molecule has 4 atom stereocenters. The summed E-state index contributed by atoms with van der Waals surface area (Å²) < 4.78 is 10.9. The molecule has 0 bridgehead atoms. The Labute approximate surface area is 91.1 Å². The molecule has 2 rings (SSSR count). The second-order valence-corrected chi connectivity index (χ2v) is 4.72. The molecule has 1 saturated heterocycles. The maximum absolute atomic E-state index is 11.8. The fourth-order valence-corrected chi connectivity index (χ4v) is 3.05. The van der Waals surface area contributed by atoms with E-state index in [4.69, 9.17) is 9.47 Å². The highest BCUT2D eigenvalue weighted by Gasteiger charge is 2.45. The minimum absolute atomic E-state index is 0.00968. The first-order valence-electron chi connectivity index (χ1n) is 6.02. The van der Waals surface area contributed by atoms with Gasteiger partial charge >= 0.3 is 5.97 Å². The average molecular weight is 212 g/mol. The molecule has 0 aromatic heterocycles. The Morgan fingerprint density at radius 3 is 3.00 bits per heavy atom. The lowest BCUT2D eigenvalue weighted by atomic mass is 9.73. The van der Waals surface area contributed by atoms with Crippen molar-refractivity contribution in [3.63, 3.8) is 0 Å². The van der Waals surface area contributed by atoms with Crippen LogP contribution in [-0.2, 0) is 14.3 Å². The summed E-state index contributed by atoms with van der Waals surface area (Å²) in [6.45, 7) is 5.35. The quantitative estimate of drug-likeness (QED) is 0.657. The largest absolute Gasteiger partial charge is 0.466 e. The second kappa shape index (κ2) is 4.52. The van der Waals surface area contributed by atoms with Gasteiger partial charge in [-0.15, -0.1) is 0 Å². The van der Waals surface area contributed by atoms with Gasteiger partial charge in [0.05, 0.1) is 18.6 Å². The zero-order valence-electron chi connectivity index (χ0n) is 9.57. The zero-order valence-corrected chi connectivity index (χ0v) is 9.57. The van der Waals surface area contributed by atoms with Crippen LogP contribution in [0.2, 0.25) is 0 Å². The fraction of sp³-hybridized carbons (Fsp3) is 0.917. The van der Waals surface area contributed by atoms with Crippen LogP contribution in [0.15, 0.2) is 0 Å². The van der Waals surface area contributed by atoms with Gasteiger partial charge in [-0.05, 0) is 32.1 Å². The lowest BCUT2D eigenvalue weighted by Crippen LogP contribution is -2.37. The van der Waals surface area contributed by atoms with Gasteiger partial charge in [0.25, 0.3) is 0 Å². The van der Waals surface area contributed by atoms with E-state index < -0.39 is 0 Å². The predicted molar refractivity (Wildman–Crippen MR) is 56.4 cm³/mol. The summed E-state index contributed by atoms with van der Waals surface area (Å²) in [7, 11) is 0. The third kappa shape index (κ3) is 2.03. The molecule has 1 aliphatic heterocycles. The highest BCUT2D eigenvalue weighted by atomic mass is 16.5. The van der Waals surface area contributed by atoms with Crippen LogP contribution in [0.1, 0.15) is 33.1 Å². The molecule has 1 saturated carbocycles. The Hall–Kier alpha value is -0.570. The minimum Gasteiger partial charge on any atom is -0.466 e. The van der Waals surface area contributed by atoms with E-state index in [2.05, 4.69) is 6.92 Å². The van der Waals surface area contributed by atoms with Gasteiger partial charge in [0.1, 0.15) is 0 Å². The summed E-state index contributed by atoms with van der Waals surface area (Å²) in [6, 6.07) is 0. The highest BCUT2D eigenvalue weighted by Crippen LogP contribution is 2.42. The molecule has 0 amide bonds. The van der Waals surface area contributed by atoms with Crippen molar-refractivity contribution in [3.8, 4) is 0 Å². The van der Waals surface area contributed by atoms with E-state index in [0.29, 0.717) is 24.5 Å². The lowest BCUT2D eigenvalue weighted by Gasteiger charge is -2.32. The predicted octanol–water partition coefficient (Wildman–Crippen LogP) is 2.00. The van der Waals surface area contributed by atoms with Crippen LogP contribution >= 0.6 is 0 Å². The molecule has 3 heteroatoms. The zero-order chi connectivity index (χ0) is 10.8. The molecular weight excluding hydrogens is 192 g/mol. The van der Waals surface area contributed by atoms with Crippen molar-refractivity contribution >= 4 is 5.97 Å². The van der Waals surface area contributed by atoms with Gasteiger partial charge < -0.3 is 9.47 Å². The minimum atomic E-state index is -0.00968. The van der Waals surface area contributed by atoms with Gasteiger partial charge in [-0.1, -0.05) is 6.92 Å². The molecule has 3 nitrogen and oxygen atoms in total. The summed E-state index contributed by atoms with van der Waals surface area (Å²) in [6.07, 6.45) is 3.50. The maximum Gasteiger partial charge on any atom is 0.309 e. The van der Waals surface area contributed by atoms with Crippen molar-refractivity contribution in [1.29, 1.82) is 0 Å². The Morgan fingerprint density at radius 2 is 2.27 bits per heavy atom. The van der Waals surface area contributed by atoms with E-state index in [9.17, 15) is 4.79 Å². The van der Waals surface area contributed by atoms with E-state index in [1.165, 1.54) is 0 Å². The molecule has 1 aliphatic carbocycles. The van der Waals surface area contributed by atoms with Crippen molar-refractivity contribution in [2.75, 3.05) is 13.2 Å². The van der Waals surface area contributed by atoms with Crippen molar-refractivity contribution in [3.05, 3.63) is 0 Å². The average Bonchev–Trinajstić information content (AvgIpc) is 2.61. The van der Waals surface area contributed by atoms with E-state index in [1.54, 1.807) is 0 Å². The molecule has 1 heterocycles. The molecule has 0 spiro atoms. The van der Waals surface area contributed by atoms with Crippen LogP contribution in [0.4, 0.5) is 0 Å². The number of rotatable bonds is 2. The lowest BCUT2D eigenvalue weighted by molar-refractivity contribution is -0.153. The van der Waals surface area contributed by atoms with Crippen LogP contribution in [-0.4, -0.2) is 25.3 Å². The molecule has 2 aliphatic rings. The van der Waals surface area contributed by atoms with Crippen molar-refractivity contribution in [2.24, 2.45) is 17.8 Å². The van der Waals surface area contributed by atoms with Crippen molar-refractivity contribution in [1.82, 2.24) is 0 Å². The Balaban J connectivity index is 2.06. The summed E-state index contributed by atoms with van der Waals surface area (Å²) in [5.41, 5.74) is 0. The standard InChI is InChI=1S/C12H20O3/c1-3-14-12(13)9-5-4-6-10-11(9)8(2)7-15-10/h8-11H,3-7H2,1-2H3/t8-,9-,10-,11-/m1/s1. The molecule has 0 N–H and O–H groups in total. The van der Waals surface area contributed by atoms with E-state index in [0.717, 1.165) is 25.9 Å². The molecule has 0 aromatic rings. The molecule has 86 valence electrons.